The quantitative estimate of drug-likeness (QED) is 0.774. The van der Waals surface area contributed by atoms with Crippen molar-refractivity contribution in [3.63, 3.8) is 0 Å². The van der Waals surface area contributed by atoms with E-state index >= 15 is 0 Å². The number of nitrogen functional groups attached to an aromatic ring is 1. The zero-order chi connectivity index (χ0) is 17.1. The van der Waals surface area contributed by atoms with Gasteiger partial charge in [0.05, 0.1) is 18.7 Å². The number of carbonyl (C=O) groups excluding carboxylic acids is 1. The van der Waals surface area contributed by atoms with Crippen molar-refractivity contribution in [1.82, 2.24) is 4.98 Å². The summed E-state index contributed by atoms with van der Waals surface area (Å²) in [7, 11) is 0. The molecule has 122 valence electrons. The fourth-order valence-corrected chi connectivity index (χ4v) is 2.73. The van der Waals surface area contributed by atoms with E-state index in [9.17, 15) is 9.90 Å². The number of pyridine rings is 1. The summed E-state index contributed by atoms with van der Waals surface area (Å²) in [5, 5.41) is 10.5. The number of amides is 1. The summed E-state index contributed by atoms with van der Waals surface area (Å²) in [5.74, 6) is 0.380. The van der Waals surface area contributed by atoms with Gasteiger partial charge < -0.3 is 15.7 Å². The predicted molar refractivity (Wildman–Crippen MR) is 95.4 cm³/mol. The van der Waals surface area contributed by atoms with Crippen LogP contribution in [-0.2, 0) is 17.9 Å². The van der Waals surface area contributed by atoms with Gasteiger partial charge in [0.25, 0.3) is 0 Å². The molecule has 0 aliphatic rings. The minimum atomic E-state index is -0.115. The highest BCUT2D eigenvalue weighted by atomic mass is 16.3. The van der Waals surface area contributed by atoms with Crippen LogP contribution in [0.2, 0.25) is 0 Å². The Morgan fingerprint density at radius 3 is 2.67 bits per heavy atom. The van der Waals surface area contributed by atoms with Gasteiger partial charge in [0.2, 0.25) is 5.91 Å². The Balaban J connectivity index is 1.98. The third-order valence-corrected chi connectivity index (χ3v) is 3.95. The number of aromatic nitrogens is 1. The monoisotopic (exact) mass is 321 g/mol. The lowest BCUT2D eigenvalue weighted by Crippen LogP contribution is -2.28. The van der Waals surface area contributed by atoms with Gasteiger partial charge in [-0.25, -0.2) is 4.98 Å². The van der Waals surface area contributed by atoms with E-state index in [2.05, 4.69) is 4.98 Å². The maximum absolute atomic E-state index is 12.1. The first-order valence-corrected chi connectivity index (χ1v) is 7.70. The molecule has 5 heteroatoms. The second-order valence-electron chi connectivity index (χ2n) is 5.66. The number of benzene rings is 2. The average molecular weight is 321 g/mol. The van der Waals surface area contributed by atoms with Crippen LogP contribution in [0.25, 0.3) is 10.9 Å². The molecule has 0 bridgehead atoms. The lowest BCUT2D eigenvalue weighted by atomic mass is 10.1. The summed E-state index contributed by atoms with van der Waals surface area (Å²) in [6, 6.07) is 16.9. The van der Waals surface area contributed by atoms with E-state index in [4.69, 9.17) is 5.73 Å². The summed E-state index contributed by atoms with van der Waals surface area (Å²) in [5.41, 5.74) is 8.93. The van der Waals surface area contributed by atoms with E-state index in [-0.39, 0.29) is 12.5 Å². The maximum atomic E-state index is 12.1. The standard InChI is InChI=1S/C19H19N3O2/c1-13(24)22(18-5-3-2-4-16(18)12-23)11-14-6-7-15-8-9-19(20)21-17(15)10-14/h2-10,23H,11-12H2,1H3,(H2,20,21). The number of fused-ring (bicyclic) bond motifs is 1. The van der Waals surface area contributed by atoms with Crippen molar-refractivity contribution in [3.05, 3.63) is 65.7 Å². The van der Waals surface area contributed by atoms with Crippen molar-refractivity contribution in [1.29, 1.82) is 0 Å². The molecule has 0 saturated carbocycles. The summed E-state index contributed by atoms with van der Waals surface area (Å²) >= 11 is 0. The third-order valence-electron chi connectivity index (χ3n) is 3.95. The van der Waals surface area contributed by atoms with Crippen LogP contribution in [0.3, 0.4) is 0 Å². The molecule has 5 nitrogen and oxygen atoms in total. The van der Waals surface area contributed by atoms with Gasteiger partial charge in [-0.3, -0.25) is 4.79 Å². The normalized spacial score (nSPS) is 10.8. The predicted octanol–water partition coefficient (Wildman–Crippen LogP) is 2.86. The Kier molecular flexibility index (Phi) is 4.44. The van der Waals surface area contributed by atoms with E-state index < -0.39 is 0 Å². The molecule has 1 amide bonds. The molecule has 0 radical (unpaired) electrons. The van der Waals surface area contributed by atoms with Crippen LogP contribution in [-0.4, -0.2) is 16.0 Å². The Morgan fingerprint density at radius 2 is 1.92 bits per heavy atom. The van der Waals surface area contributed by atoms with Crippen LogP contribution in [0, 0.1) is 0 Å². The molecule has 3 N–H and O–H groups in total. The lowest BCUT2D eigenvalue weighted by molar-refractivity contribution is -0.116. The van der Waals surface area contributed by atoms with Gasteiger partial charge in [-0.2, -0.15) is 0 Å². The van der Waals surface area contributed by atoms with Gasteiger partial charge >= 0.3 is 0 Å². The number of aliphatic hydroxyl groups excluding tert-OH is 1. The molecule has 0 unspecified atom stereocenters. The SMILES string of the molecule is CC(=O)N(Cc1ccc2ccc(N)nc2c1)c1ccccc1CO. The molecular formula is C19H19N3O2. The van der Waals surface area contributed by atoms with Gasteiger partial charge in [0, 0.05) is 23.6 Å². The topological polar surface area (TPSA) is 79.5 Å². The van der Waals surface area contributed by atoms with Crippen LogP contribution in [0.1, 0.15) is 18.1 Å². The number of hydrogen-bond donors (Lipinski definition) is 2. The third kappa shape index (κ3) is 3.21. The van der Waals surface area contributed by atoms with Crippen molar-refractivity contribution in [2.45, 2.75) is 20.1 Å². The van der Waals surface area contributed by atoms with E-state index in [1.165, 1.54) is 6.92 Å². The summed E-state index contributed by atoms with van der Waals surface area (Å²) in [4.78, 5) is 18.1. The Morgan fingerprint density at radius 1 is 1.17 bits per heavy atom. The van der Waals surface area contributed by atoms with Crippen molar-refractivity contribution in [3.8, 4) is 0 Å². The molecule has 1 heterocycles. The van der Waals surface area contributed by atoms with Crippen LogP contribution in [0.4, 0.5) is 11.5 Å². The van der Waals surface area contributed by atoms with E-state index in [1.807, 2.05) is 48.5 Å². The number of carbonyl (C=O) groups is 1. The number of aliphatic hydroxyl groups is 1. The van der Waals surface area contributed by atoms with Crippen molar-refractivity contribution >= 4 is 28.3 Å². The molecule has 0 spiro atoms. The molecule has 0 aliphatic heterocycles. The number of hydrogen-bond acceptors (Lipinski definition) is 4. The molecule has 3 aromatic rings. The maximum Gasteiger partial charge on any atom is 0.224 e. The van der Waals surface area contributed by atoms with Crippen LogP contribution >= 0.6 is 0 Å². The van der Waals surface area contributed by atoms with Gasteiger partial charge in [0.15, 0.2) is 0 Å². The zero-order valence-electron chi connectivity index (χ0n) is 13.4. The van der Waals surface area contributed by atoms with Crippen molar-refractivity contribution in [2.75, 3.05) is 10.6 Å². The van der Waals surface area contributed by atoms with Crippen molar-refractivity contribution < 1.29 is 9.90 Å². The van der Waals surface area contributed by atoms with Crippen LogP contribution in [0.15, 0.2) is 54.6 Å². The van der Waals surface area contributed by atoms with Gasteiger partial charge in [-0.1, -0.05) is 30.3 Å². The summed E-state index contributed by atoms with van der Waals surface area (Å²) in [6.07, 6.45) is 0. The average Bonchev–Trinajstić information content (AvgIpc) is 2.59. The second kappa shape index (κ2) is 6.68. The number of nitrogens with zero attached hydrogens (tertiary/aromatic N) is 2. The Bertz CT molecular complexity index is 893. The van der Waals surface area contributed by atoms with Crippen LogP contribution in [0.5, 0.6) is 0 Å². The molecule has 24 heavy (non-hydrogen) atoms. The second-order valence-corrected chi connectivity index (χ2v) is 5.66. The molecule has 0 saturated heterocycles. The van der Waals surface area contributed by atoms with Crippen molar-refractivity contribution in [2.24, 2.45) is 0 Å². The largest absolute Gasteiger partial charge is 0.392 e. The Hall–Kier alpha value is -2.92. The smallest absolute Gasteiger partial charge is 0.224 e. The van der Waals surface area contributed by atoms with E-state index in [0.29, 0.717) is 18.1 Å². The molecule has 2 aromatic carbocycles. The molecule has 0 fully saturated rings. The summed E-state index contributed by atoms with van der Waals surface area (Å²) < 4.78 is 0. The minimum Gasteiger partial charge on any atom is -0.392 e. The van der Waals surface area contributed by atoms with E-state index in [0.717, 1.165) is 22.0 Å². The zero-order valence-corrected chi connectivity index (χ0v) is 13.4. The fourth-order valence-electron chi connectivity index (χ4n) is 2.73. The molecule has 1 aromatic heterocycles. The molecule has 0 atom stereocenters. The first-order chi connectivity index (χ1) is 11.6. The lowest BCUT2D eigenvalue weighted by Gasteiger charge is -2.23. The number of para-hydroxylation sites is 1. The highest BCUT2D eigenvalue weighted by Crippen LogP contribution is 2.24. The minimum absolute atomic E-state index is 0.0865. The molecular weight excluding hydrogens is 302 g/mol. The van der Waals surface area contributed by atoms with Gasteiger partial charge in [0.1, 0.15) is 5.82 Å². The van der Waals surface area contributed by atoms with Crippen LogP contribution < -0.4 is 10.6 Å². The number of nitrogens with two attached hydrogens (primary N) is 1. The first kappa shape index (κ1) is 16.0. The number of anilines is 2. The van der Waals surface area contributed by atoms with Gasteiger partial charge in [-0.15, -0.1) is 0 Å². The summed E-state index contributed by atoms with van der Waals surface area (Å²) in [6.45, 7) is 1.81. The highest BCUT2D eigenvalue weighted by Gasteiger charge is 2.15. The van der Waals surface area contributed by atoms with E-state index in [1.54, 1.807) is 11.0 Å². The highest BCUT2D eigenvalue weighted by molar-refractivity contribution is 5.92. The molecule has 0 aliphatic carbocycles. The number of rotatable bonds is 4. The fraction of sp³-hybridized carbons (Fsp3) is 0.158. The first-order valence-electron chi connectivity index (χ1n) is 7.70. The van der Waals surface area contributed by atoms with Gasteiger partial charge in [-0.05, 0) is 29.8 Å². The Labute approximate surface area is 140 Å². The molecule has 3 rings (SSSR count).